The summed E-state index contributed by atoms with van der Waals surface area (Å²) in [5.74, 6) is 0.493. The number of cyclic esters (lactones) is 2. The van der Waals surface area contributed by atoms with Crippen LogP contribution in [0.4, 0.5) is 0 Å². The normalized spacial score (nSPS) is 14.4. The molecule has 0 radical (unpaired) electrons. The third kappa shape index (κ3) is 5.25. The highest BCUT2D eigenvalue weighted by Gasteiger charge is 2.19. The van der Waals surface area contributed by atoms with Gasteiger partial charge in [-0.3, -0.25) is 9.59 Å². The van der Waals surface area contributed by atoms with E-state index in [2.05, 4.69) is 56.7 Å². The Morgan fingerprint density at radius 2 is 1.11 bits per heavy atom. The predicted octanol–water partition coefficient (Wildman–Crippen LogP) is 3.78. The second-order valence-corrected chi connectivity index (χ2v) is 5.32. The first kappa shape index (κ1) is 15.4. The van der Waals surface area contributed by atoms with Crippen LogP contribution in [-0.2, 0) is 14.3 Å². The summed E-state index contributed by atoms with van der Waals surface area (Å²) in [4.78, 5) is 20.0. The van der Waals surface area contributed by atoms with Gasteiger partial charge in [-0.25, -0.2) is 0 Å². The van der Waals surface area contributed by atoms with Gasteiger partial charge in [-0.05, 0) is 23.0 Å². The van der Waals surface area contributed by atoms with Crippen molar-refractivity contribution in [3.05, 3.63) is 35.4 Å². The second kappa shape index (κ2) is 7.07. The highest BCUT2D eigenvalue weighted by atomic mass is 16.6. The van der Waals surface area contributed by atoms with Crippen molar-refractivity contribution in [3.8, 4) is 0 Å². The molecule has 0 bridgehead atoms. The van der Waals surface area contributed by atoms with Gasteiger partial charge in [0.15, 0.2) is 0 Å². The van der Waals surface area contributed by atoms with E-state index in [1.54, 1.807) is 0 Å². The average Bonchev–Trinajstić information content (AvgIpc) is 2.74. The first-order valence-electron chi connectivity index (χ1n) is 6.73. The molecule has 1 heterocycles. The fraction of sp³-hybridized carbons (Fsp3) is 0.500. The van der Waals surface area contributed by atoms with Crippen molar-refractivity contribution in [3.63, 3.8) is 0 Å². The van der Waals surface area contributed by atoms with E-state index in [1.165, 1.54) is 11.1 Å². The number of ether oxygens (including phenoxy) is 1. The van der Waals surface area contributed by atoms with Crippen molar-refractivity contribution in [2.45, 2.75) is 52.4 Å². The molecule has 1 aliphatic heterocycles. The molecule has 0 spiro atoms. The number of rotatable bonds is 2. The molecule has 1 aromatic rings. The summed E-state index contributed by atoms with van der Waals surface area (Å²) < 4.78 is 4.08. The Bertz CT molecular complexity index is 389. The topological polar surface area (TPSA) is 43.4 Å². The van der Waals surface area contributed by atoms with Crippen LogP contribution in [-0.4, -0.2) is 11.9 Å². The monoisotopic (exact) mass is 262 g/mol. The summed E-state index contributed by atoms with van der Waals surface area (Å²) in [7, 11) is 0. The summed E-state index contributed by atoms with van der Waals surface area (Å²) in [5.41, 5.74) is 2.86. The first-order chi connectivity index (χ1) is 8.90. The zero-order chi connectivity index (χ0) is 14.4. The highest BCUT2D eigenvalue weighted by Crippen LogP contribution is 2.18. The SMILES string of the molecule is CC(C)c1ccc(C(C)C)cc1.O=C1CCC(=O)O1. The van der Waals surface area contributed by atoms with E-state index in [-0.39, 0.29) is 12.8 Å². The van der Waals surface area contributed by atoms with Gasteiger partial charge in [0, 0.05) is 0 Å². The molecule has 3 nitrogen and oxygen atoms in total. The van der Waals surface area contributed by atoms with E-state index in [0.29, 0.717) is 11.8 Å². The minimum atomic E-state index is -0.398. The lowest BCUT2D eigenvalue weighted by Crippen LogP contribution is -1.94. The Labute approximate surface area is 115 Å². The van der Waals surface area contributed by atoms with Crippen LogP contribution in [0.1, 0.15) is 63.5 Å². The van der Waals surface area contributed by atoms with Gasteiger partial charge >= 0.3 is 11.9 Å². The number of carbonyl (C=O) groups excluding carboxylic acids is 2. The summed E-state index contributed by atoms with van der Waals surface area (Å²) in [5, 5.41) is 0. The van der Waals surface area contributed by atoms with Gasteiger partial charge in [0.2, 0.25) is 0 Å². The molecule has 19 heavy (non-hydrogen) atoms. The standard InChI is InChI=1S/C12H18.C4H4O3/c1-9(2)11-5-7-12(8-6-11)10(3)4;5-3-1-2-4(6)7-3/h5-10H,1-4H3;1-2H2. The minimum absolute atomic E-state index is 0.263. The molecule has 0 saturated carbocycles. The van der Waals surface area contributed by atoms with Crippen molar-refractivity contribution in [2.75, 3.05) is 0 Å². The van der Waals surface area contributed by atoms with E-state index in [4.69, 9.17) is 0 Å². The highest BCUT2D eigenvalue weighted by molar-refractivity contribution is 5.92. The van der Waals surface area contributed by atoms with Crippen molar-refractivity contribution in [2.24, 2.45) is 0 Å². The fourth-order valence-electron chi connectivity index (χ4n) is 1.70. The van der Waals surface area contributed by atoms with E-state index < -0.39 is 11.9 Å². The van der Waals surface area contributed by atoms with Crippen molar-refractivity contribution in [1.82, 2.24) is 0 Å². The number of benzene rings is 1. The van der Waals surface area contributed by atoms with Crippen LogP contribution in [0.15, 0.2) is 24.3 Å². The van der Waals surface area contributed by atoms with Gasteiger partial charge in [0.25, 0.3) is 0 Å². The number of hydrogen-bond acceptors (Lipinski definition) is 3. The lowest BCUT2D eigenvalue weighted by atomic mass is 9.97. The molecule has 1 fully saturated rings. The first-order valence-corrected chi connectivity index (χ1v) is 6.73. The third-order valence-corrected chi connectivity index (χ3v) is 3.03. The summed E-state index contributed by atoms with van der Waals surface area (Å²) >= 11 is 0. The van der Waals surface area contributed by atoms with Crippen LogP contribution < -0.4 is 0 Å². The molecule has 104 valence electrons. The van der Waals surface area contributed by atoms with Crippen LogP contribution in [0.5, 0.6) is 0 Å². The number of hydrogen-bond donors (Lipinski definition) is 0. The molecule has 0 atom stereocenters. The van der Waals surface area contributed by atoms with Crippen molar-refractivity contribution < 1.29 is 14.3 Å². The maximum absolute atomic E-state index is 10.0. The fourth-order valence-corrected chi connectivity index (χ4v) is 1.70. The molecule has 0 amide bonds. The molecule has 0 aliphatic carbocycles. The Morgan fingerprint density at radius 1 is 0.789 bits per heavy atom. The number of carbonyl (C=O) groups is 2. The van der Waals surface area contributed by atoms with Gasteiger partial charge in [-0.15, -0.1) is 0 Å². The summed E-state index contributed by atoms with van der Waals surface area (Å²) in [6.45, 7) is 8.91. The number of esters is 2. The quantitative estimate of drug-likeness (QED) is 0.601. The predicted molar refractivity (Wildman–Crippen MR) is 75.0 cm³/mol. The zero-order valence-electron chi connectivity index (χ0n) is 12.1. The van der Waals surface area contributed by atoms with Gasteiger partial charge in [-0.1, -0.05) is 52.0 Å². The molecule has 1 aromatic carbocycles. The summed E-state index contributed by atoms with van der Waals surface area (Å²) in [6, 6.07) is 8.94. The average molecular weight is 262 g/mol. The van der Waals surface area contributed by atoms with Crippen molar-refractivity contribution >= 4 is 11.9 Å². The van der Waals surface area contributed by atoms with E-state index in [1.807, 2.05) is 0 Å². The molecule has 0 unspecified atom stereocenters. The second-order valence-electron chi connectivity index (χ2n) is 5.32. The van der Waals surface area contributed by atoms with Crippen LogP contribution in [0.3, 0.4) is 0 Å². The molecular formula is C16H22O3. The van der Waals surface area contributed by atoms with Gasteiger partial charge in [0.05, 0.1) is 12.8 Å². The van der Waals surface area contributed by atoms with Crippen LogP contribution in [0.2, 0.25) is 0 Å². The van der Waals surface area contributed by atoms with Crippen LogP contribution >= 0.6 is 0 Å². The minimum Gasteiger partial charge on any atom is -0.393 e. The summed E-state index contributed by atoms with van der Waals surface area (Å²) in [6.07, 6.45) is 0.525. The Kier molecular flexibility index (Phi) is 5.74. The van der Waals surface area contributed by atoms with Crippen molar-refractivity contribution in [1.29, 1.82) is 0 Å². The van der Waals surface area contributed by atoms with Crippen LogP contribution in [0, 0.1) is 0 Å². The van der Waals surface area contributed by atoms with Gasteiger partial charge in [-0.2, -0.15) is 0 Å². The van der Waals surface area contributed by atoms with E-state index >= 15 is 0 Å². The smallest absolute Gasteiger partial charge is 0.314 e. The lowest BCUT2D eigenvalue weighted by molar-refractivity contribution is -0.151. The molecule has 0 N–H and O–H groups in total. The van der Waals surface area contributed by atoms with Gasteiger partial charge in [0.1, 0.15) is 0 Å². The lowest BCUT2D eigenvalue weighted by Gasteiger charge is -2.08. The molecular weight excluding hydrogens is 240 g/mol. The Balaban J connectivity index is 0.000000218. The molecule has 2 rings (SSSR count). The molecule has 1 saturated heterocycles. The van der Waals surface area contributed by atoms with Crippen LogP contribution in [0.25, 0.3) is 0 Å². The molecule has 0 aromatic heterocycles. The Morgan fingerprint density at radius 3 is 1.26 bits per heavy atom. The van der Waals surface area contributed by atoms with Gasteiger partial charge < -0.3 is 4.74 Å². The molecule has 3 heteroatoms. The zero-order valence-corrected chi connectivity index (χ0v) is 12.1. The third-order valence-electron chi connectivity index (χ3n) is 3.03. The maximum atomic E-state index is 10.0. The van der Waals surface area contributed by atoms with E-state index in [0.717, 1.165) is 0 Å². The van der Waals surface area contributed by atoms with E-state index in [9.17, 15) is 9.59 Å². The largest absolute Gasteiger partial charge is 0.393 e. The molecule has 1 aliphatic rings. The Hall–Kier alpha value is -1.64. The maximum Gasteiger partial charge on any atom is 0.314 e.